The quantitative estimate of drug-likeness (QED) is 0.144. The summed E-state index contributed by atoms with van der Waals surface area (Å²) in [4.78, 5) is 4.87. The molecule has 0 spiro atoms. The van der Waals surface area contributed by atoms with Crippen molar-refractivity contribution in [2.75, 3.05) is 10.0 Å². The van der Waals surface area contributed by atoms with Crippen LogP contribution >= 0.6 is 39.1 Å². The average molecular weight is 621 g/mol. The fourth-order valence-electron chi connectivity index (χ4n) is 3.56. The van der Waals surface area contributed by atoms with Crippen LogP contribution in [-0.4, -0.2) is 28.4 Å². The maximum atomic E-state index is 12.6. The number of halogens is 3. The van der Waals surface area contributed by atoms with E-state index in [0.29, 0.717) is 35.0 Å². The summed E-state index contributed by atoms with van der Waals surface area (Å²) in [6.07, 6.45) is 5.32. The van der Waals surface area contributed by atoms with Crippen LogP contribution in [0.1, 0.15) is 18.9 Å². The molecule has 37 heavy (non-hydrogen) atoms. The number of nitrogens with one attached hydrogen (secondary N) is 2. The molecule has 0 fully saturated rings. The normalized spacial score (nSPS) is 12.9. The molecule has 192 valence electrons. The molecule has 2 aromatic heterocycles. The van der Waals surface area contributed by atoms with Crippen LogP contribution in [-0.2, 0) is 16.6 Å². The zero-order valence-corrected chi connectivity index (χ0v) is 23.7. The van der Waals surface area contributed by atoms with E-state index in [1.807, 2.05) is 42.5 Å². The molecular weight excluding hydrogens is 597 g/mol. The fourth-order valence-corrected chi connectivity index (χ4v) is 5.48. The molecular formula is C26H24BrCl2N5O2S. The third-order valence-electron chi connectivity index (χ3n) is 5.49. The molecule has 0 amide bonds. The van der Waals surface area contributed by atoms with Crippen molar-refractivity contribution in [1.29, 1.82) is 0 Å². The number of hydrogen-bond acceptors (Lipinski definition) is 5. The Kier molecular flexibility index (Phi) is 8.59. The summed E-state index contributed by atoms with van der Waals surface area (Å²) in [7, 11) is -3.71. The molecule has 11 heteroatoms. The van der Waals surface area contributed by atoms with Gasteiger partial charge in [-0.05, 0) is 53.0 Å². The van der Waals surface area contributed by atoms with Gasteiger partial charge >= 0.3 is 0 Å². The highest BCUT2D eigenvalue weighted by Gasteiger charge is 2.16. The topological polar surface area (TPSA) is 88.4 Å². The van der Waals surface area contributed by atoms with Crippen molar-refractivity contribution in [2.45, 2.75) is 25.3 Å². The molecule has 7 nitrogen and oxygen atoms in total. The first-order valence-electron chi connectivity index (χ1n) is 11.3. The van der Waals surface area contributed by atoms with Crippen molar-refractivity contribution in [3.8, 4) is 11.3 Å². The smallest absolute Gasteiger partial charge is 0.257 e. The van der Waals surface area contributed by atoms with E-state index in [2.05, 4.69) is 37.6 Å². The molecule has 2 heterocycles. The van der Waals surface area contributed by atoms with Crippen LogP contribution in [0.15, 0.2) is 88.9 Å². The first-order valence-corrected chi connectivity index (χ1v) is 14.3. The van der Waals surface area contributed by atoms with Gasteiger partial charge < -0.3 is 5.32 Å². The molecule has 0 aliphatic carbocycles. The molecule has 1 atom stereocenters. The lowest BCUT2D eigenvalue weighted by Crippen LogP contribution is -2.14. The zero-order chi connectivity index (χ0) is 26.6. The number of aromatic nitrogens is 3. The van der Waals surface area contributed by atoms with Crippen LogP contribution in [0.3, 0.4) is 0 Å². The van der Waals surface area contributed by atoms with E-state index < -0.39 is 15.4 Å². The van der Waals surface area contributed by atoms with Gasteiger partial charge in [0.05, 0.1) is 26.6 Å². The average Bonchev–Trinajstić information content (AvgIpc) is 3.24. The summed E-state index contributed by atoms with van der Waals surface area (Å²) in [5.41, 5.74) is 3.57. The summed E-state index contributed by atoms with van der Waals surface area (Å²) in [5.74, 6) is 0.728. The summed E-state index contributed by atoms with van der Waals surface area (Å²) in [6.45, 7) is 5.60. The van der Waals surface area contributed by atoms with Gasteiger partial charge in [0.25, 0.3) is 10.0 Å². The molecule has 1 unspecified atom stereocenters. The van der Waals surface area contributed by atoms with Crippen LogP contribution < -0.4 is 10.0 Å². The van der Waals surface area contributed by atoms with Crippen molar-refractivity contribution in [3.63, 3.8) is 0 Å². The number of anilines is 2. The Hall–Kier alpha value is -2.85. The second kappa shape index (κ2) is 11.7. The summed E-state index contributed by atoms with van der Waals surface area (Å²) in [5, 5.41) is 7.97. The highest BCUT2D eigenvalue weighted by molar-refractivity contribution is 9.10. The first-order chi connectivity index (χ1) is 17.7. The van der Waals surface area contributed by atoms with E-state index in [1.54, 1.807) is 28.9 Å². The van der Waals surface area contributed by atoms with Crippen LogP contribution in [0.2, 0.25) is 5.02 Å². The van der Waals surface area contributed by atoms with Gasteiger partial charge in [0.15, 0.2) is 5.65 Å². The van der Waals surface area contributed by atoms with Crippen molar-refractivity contribution in [1.82, 2.24) is 14.6 Å². The van der Waals surface area contributed by atoms with Gasteiger partial charge in [0, 0.05) is 28.9 Å². The maximum Gasteiger partial charge on any atom is 0.257 e. The molecule has 2 aromatic carbocycles. The van der Waals surface area contributed by atoms with Crippen molar-refractivity contribution >= 4 is 66.3 Å². The first kappa shape index (κ1) is 27.2. The van der Waals surface area contributed by atoms with Gasteiger partial charge in [-0.15, -0.1) is 18.2 Å². The van der Waals surface area contributed by atoms with E-state index in [-0.39, 0.29) is 4.91 Å². The van der Waals surface area contributed by atoms with Gasteiger partial charge in [-0.25, -0.2) is 13.4 Å². The highest BCUT2D eigenvalue weighted by Crippen LogP contribution is 2.30. The number of benzene rings is 2. The SMILES string of the molecule is C=CCC(Cl)/C=C(\C)S(=O)(=O)Nc1ccc(CNc2cc(-c3ccccc3Cl)nc3c(Br)cnn23)cc1. The molecule has 0 bridgehead atoms. The number of sulfonamides is 1. The molecule has 0 radical (unpaired) electrons. The number of nitrogens with zero attached hydrogens (tertiary/aromatic N) is 3. The number of allylic oxidation sites excluding steroid dienone is 3. The lowest BCUT2D eigenvalue weighted by atomic mass is 10.1. The van der Waals surface area contributed by atoms with E-state index in [9.17, 15) is 8.42 Å². The molecule has 4 rings (SSSR count). The minimum atomic E-state index is -3.71. The van der Waals surface area contributed by atoms with Gasteiger partial charge in [0.1, 0.15) is 5.82 Å². The number of hydrogen-bond donors (Lipinski definition) is 2. The summed E-state index contributed by atoms with van der Waals surface area (Å²) >= 11 is 16.0. The third-order valence-corrected chi connectivity index (χ3v) is 8.17. The van der Waals surface area contributed by atoms with Gasteiger partial charge in [-0.1, -0.05) is 54.1 Å². The van der Waals surface area contributed by atoms with Gasteiger partial charge in [-0.3, -0.25) is 4.72 Å². The molecule has 0 saturated carbocycles. The largest absolute Gasteiger partial charge is 0.366 e. The molecule has 0 saturated heterocycles. The predicted molar refractivity (Wildman–Crippen MR) is 156 cm³/mol. The number of fused-ring (bicyclic) bond motifs is 1. The zero-order valence-electron chi connectivity index (χ0n) is 19.8. The minimum absolute atomic E-state index is 0.154. The maximum absolute atomic E-state index is 12.6. The minimum Gasteiger partial charge on any atom is -0.366 e. The second-order valence-corrected chi connectivity index (χ2v) is 11.9. The van der Waals surface area contributed by atoms with Gasteiger partial charge in [-0.2, -0.15) is 9.61 Å². The monoisotopic (exact) mass is 619 g/mol. The number of rotatable bonds is 10. The lowest BCUT2D eigenvalue weighted by Gasteiger charge is -2.13. The van der Waals surface area contributed by atoms with E-state index in [0.717, 1.165) is 21.4 Å². The van der Waals surface area contributed by atoms with Crippen molar-refractivity contribution < 1.29 is 8.42 Å². The highest BCUT2D eigenvalue weighted by atomic mass is 79.9. The Morgan fingerprint density at radius 3 is 2.65 bits per heavy atom. The fraction of sp³-hybridized carbons (Fsp3) is 0.154. The number of alkyl halides is 1. The van der Waals surface area contributed by atoms with Crippen LogP contribution in [0.5, 0.6) is 0 Å². The van der Waals surface area contributed by atoms with E-state index in [4.69, 9.17) is 28.2 Å². The Labute approximate surface area is 234 Å². The molecule has 0 aliphatic rings. The van der Waals surface area contributed by atoms with Crippen molar-refractivity contribution in [3.05, 3.63) is 99.5 Å². The predicted octanol–water partition coefficient (Wildman–Crippen LogP) is 7.25. The van der Waals surface area contributed by atoms with Crippen LogP contribution in [0.4, 0.5) is 11.5 Å². The lowest BCUT2D eigenvalue weighted by molar-refractivity contribution is 0.606. The van der Waals surface area contributed by atoms with Gasteiger partial charge in [0.2, 0.25) is 0 Å². The summed E-state index contributed by atoms with van der Waals surface area (Å²) in [6, 6.07) is 16.5. The Morgan fingerprint density at radius 1 is 1.22 bits per heavy atom. The molecule has 2 N–H and O–H groups in total. The van der Waals surface area contributed by atoms with Crippen LogP contribution in [0.25, 0.3) is 16.9 Å². The molecule has 0 aliphatic heterocycles. The summed E-state index contributed by atoms with van der Waals surface area (Å²) < 4.78 is 30.3. The van der Waals surface area contributed by atoms with E-state index >= 15 is 0 Å². The second-order valence-electron chi connectivity index (χ2n) is 8.21. The Balaban J connectivity index is 1.51. The van der Waals surface area contributed by atoms with Crippen LogP contribution in [0, 0.1) is 0 Å². The third kappa shape index (κ3) is 6.54. The standard InChI is InChI=1S/C26H24BrCl2N5O2S/c1-3-6-19(28)13-17(2)37(35,36)33-20-11-9-18(10-12-20)15-30-25-14-24(21-7-4-5-8-23(21)29)32-26-22(27)16-31-34(25)26/h3-5,7-14,16,19,30,33H,1,6,15H2,2H3/b17-13+. The van der Waals surface area contributed by atoms with E-state index in [1.165, 1.54) is 13.0 Å². The van der Waals surface area contributed by atoms with Crippen molar-refractivity contribution in [2.24, 2.45) is 0 Å². The Morgan fingerprint density at radius 2 is 1.95 bits per heavy atom. The Bertz CT molecular complexity index is 1570. The molecule has 4 aromatic rings.